The van der Waals surface area contributed by atoms with E-state index < -0.39 is 0 Å². The first-order valence-electron chi connectivity index (χ1n) is 6.48. The van der Waals surface area contributed by atoms with Gasteiger partial charge in [0.05, 0.1) is 14.2 Å². The number of benzene rings is 2. The Labute approximate surface area is 137 Å². The zero-order valence-corrected chi connectivity index (χ0v) is 13.8. The summed E-state index contributed by atoms with van der Waals surface area (Å²) in [5, 5.41) is 9.85. The van der Waals surface area contributed by atoms with Gasteiger partial charge in [0.25, 0.3) is 0 Å². The summed E-state index contributed by atoms with van der Waals surface area (Å²) in [5.41, 5.74) is 1.29. The first-order chi connectivity index (χ1) is 10.5. The number of halogens is 1. The molecule has 114 valence electrons. The van der Waals surface area contributed by atoms with Crippen LogP contribution in [-0.4, -0.2) is 25.1 Å². The zero-order chi connectivity index (χ0) is 16.1. The summed E-state index contributed by atoms with van der Waals surface area (Å²) >= 11 is 3.33. The molecule has 22 heavy (non-hydrogen) atoms. The highest BCUT2D eigenvalue weighted by Gasteiger charge is 2.10. The van der Waals surface area contributed by atoms with Crippen LogP contribution < -0.4 is 9.47 Å². The minimum atomic E-state index is -0.112. The maximum atomic E-state index is 12.1. The Morgan fingerprint density at radius 3 is 2.14 bits per heavy atom. The van der Waals surface area contributed by atoms with Crippen molar-refractivity contribution in [2.45, 2.75) is 0 Å². The number of hydrogen-bond donors (Lipinski definition) is 1. The lowest BCUT2D eigenvalue weighted by Crippen LogP contribution is -1.94. The van der Waals surface area contributed by atoms with Crippen LogP contribution in [-0.2, 0) is 0 Å². The third-order valence-electron chi connectivity index (χ3n) is 3.06. The molecular weight excluding hydrogens is 348 g/mol. The number of phenolic OH excluding ortho intramolecular Hbond substituents is 1. The van der Waals surface area contributed by atoms with E-state index in [1.54, 1.807) is 30.3 Å². The molecule has 0 amide bonds. The Hall–Kier alpha value is -2.27. The molecule has 2 aromatic carbocycles. The molecule has 0 unspecified atom stereocenters. The molecule has 0 saturated carbocycles. The van der Waals surface area contributed by atoms with Crippen LogP contribution in [0.5, 0.6) is 17.2 Å². The molecule has 0 atom stereocenters. The van der Waals surface area contributed by atoms with Gasteiger partial charge < -0.3 is 14.6 Å². The molecule has 0 saturated heterocycles. The summed E-state index contributed by atoms with van der Waals surface area (Å²) in [5.74, 6) is 0.394. The number of methoxy groups -OCH3 is 2. The SMILES string of the molecule is COc1cc(C=CC(=O)c2ccc(Br)cc2)cc(OC)c1O. The predicted molar refractivity (Wildman–Crippen MR) is 88.7 cm³/mol. The van der Waals surface area contributed by atoms with Crippen LogP contribution in [0.3, 0.4) is 0 Å². The molecule has 1 N–H and O–H groups in total. The molecule has 0 heterocycles. The van der Waals surface area contributed by atoms with Crippen LogP contribution in [0.15, 0.2) is 46.9 Å². The summed E-state index contributed by atoms with van der Waals surface area (Å²) < 4.78 is 11.1. The molecule has 2 aromatic rings. The Balaban J connectivity index is 2.26. The van der Waals surface area contributed by atoms with E-state index in [1.807, 2.05) is 12.1 Å². The number of hydrogen-bond acceptors (Lipinski definition) is 4. The second-order valence-electron chi connectivity index (χ2n) is 4.48. The van der Waals surface area contributed by atoms with Gasteiger partial charge in [0.2, 0.25) is 5.75 Å². The van der Waals surface area contributed by atoms with Crippen LogP contribution in [0.25, 0.3) is 6.08 Å². The summed E-state index contributed by atoms with van der Waals surface area (Å²) in [6.07, 6.45) is 3.11. The fourth-order valence-corrected chi connectivity index (χ4v) is 2.16. The minimum Gasteiger partial charge on any atom is -0.502 e. The van der Waals surface area contributed by atoms with Gasteiger partial charge in [0, 0.05) is 10.0 Å². The number of carbonyl (C=O) groups is 1. The molecule has 2 rings (SSSR count). The number of phenols is 1. The Kier molecular flexibility index (Phi) is 5.22. The van der Waals surface area contributed by atoms with E-state index in [9.17, 15) is 9.90 Å². The summed E-state index contributed by atoms with van der Waals surface area (Å²) in [6.45, 7) is 0. The van der Waals surface area contributed by atoms with Crippen molar-refractivity contribution in [2.75, 3.05) is 14.2 Å². The van der Waals surface area contributed by atoms with E-state index in [1.165, 1.54) is 20.3 Å². The number of carbonyl (C=O) groups excluding carboxylic acids is 1. The van der Waals surface area contributed by atoms with Crippen molar-refractivity contribution in [3.05, 3.63) is 58.1 Å². The van der Waals surface area contributed by atoms with E-state index in [-0.39, 0.29) is 23.0 Å². The van der Waals surface area contributed by atoms with Gasteiger partial charge in [-0.05, 0) is 48.0 Å². The zero-order valence-electron chi connectivity index (χ0n) is 12.2. The van der Waals surface area contributed by atoms with E-state index in [0.29, 0.717) is 11.1 Å². The van der Waals surface area contributed by atoms with Crippen molar-refractivity contribution < 1.29 is 19.4 Å². The molecular formula is C17H15BrO4. The van der Waals surface area contributed by atoms with Crippen molar-refractivity contribution in [1.29, 1.82) is 0 Å². The number of ketones is 1. The second kappa shape index (κ2) is 7.13. The first kappa shape index (κ1) is 16.1. The topological polar surface area (TPSA) is 55.8 Å². The fourth-order valence-electron chi connectivity index (χ4n) is 1.89. The molecule has 0 aromatic heterocycles. The molecule has 0 bridgehead atoms. The standard InChI is InChI=1S/C17H15BrO4/c1-21-15-9-11(10-16(22-2)17(15)20)3-8-14(19)12-4-6-13(18)7-5-12/h3-10,20H,1-2H3. The monoisotopic (exact) mass is 362 g/mol. The molecule has 0 fully saturated rings. The van der Waals surface area contributed by atoms with E-state index in [0.717, 1.165) is 4.47 Å². The van der Waals surface area contributed by atoms with Crippen molar-refractivity contribution in [1.82, 2.24) is 0 Å². The molecule has 4 nitrogen and oxygen atoms in total. The van der Waals surface area contributed by atoms with Crippen LogP contribution in [0, 0.1) is 0 Å². The third kappa shape index (κ3) is 3.68. The molecule has 0 aliphatic rings. The van der Waals surface area contributed by atoms with Crippen LogP contribution in [0.4, 0.5) is 0 Å². The average Bonchev–Trinajstić information content (AvgIpc) is 2.54. The maximum Gasteiger partial charge on any atom is 0.200 e. The quantitative estimate of drug-likeness (QED) is 0.643. The van der Waals surface area contributed by atoms with Crippen LogP contribution >= 0.6 is 15.9 Å². The molecule has 0 radical (unpaired) electrons. The largest absolute Gasteiger partial charge is 0.502 e. The highest BCUT2D eigenvalue weighted by atomic mass is 79.9. The second-order valence-corrected chi connectivity index (χ2v) is 5.39. The van der Waals surface area contributed by atoms with E-state index in [2.05, 4.69) is 15.9 Å². The lowest BCUT2D eigenvalue weighted by molar-refractivity contribution is 0.104. The van der Waals surface area contributed by atoms with Gasteiger partial charge in [-0.25, -0.2) is 0 Å². The summed E-state index contributed by atoms with van der Waals surface area (Å²) in [7, 11) is 2.91. The summed E-state index contributed by atoms with van der Waals surface area (Å²) in [4.78, 5) is 12.1. The highest BCUT2D eigenvalue weighted by Crippen LogP contribution is 2.37. The van der Waals surface area contributed by atoms with Gasteiger partial charge in [0.15, 0.2) is 17.3 Å². The number of rotatable bonds is 5. The molecule has 0 aliphatic heterocycles. The first-order valence-corrected chi connectivity index (χ1v) is 7.27. The molecule has 5 heteroatoms. The average molecular weight is 363 g/mol. The Morgan fingerprint density at radius 2 is 1.64 bits per heavy atom. The van der Waals surface area contributed by atoms with E-state index in [4.69, 9.17) is 9.47 Å². The van der Waals surface area contributed by atoms with Crippen LogP contribution in [0.1, 0.15) is 15.9 Å². The number of aromatic hydroxyl groups is 1. The van der Waals surface area contributed by atoms with Crippen molar-refractivity contribution >= 4 is 27.8 Å². The van der Waals surface area contributed by atoms with Gasteiger partial charge in [0.1, 0.15) is 0 Å². The molecule has 0 spiro atoms. The maximum absolute atomic E-state index is 12.1. The van der Waals surface area contributed by atoms with Gasteiger partial charge >= 0.3 is 0 Å². The Bertz CT molecular complexity index is 680. The number of ether oxygens (including phenoxy) is 2. The van der Waals surface area contributed by atoms with Crippen molar-refractivity contribution in [3.63, 3.8) is 0 Å². The fraction of sp³-hybridized carbons (Fsp3) is 0.118. The summed E-state index contributed by atoms with van der Waals surface area (Å²) in [6, 6.07) is 10.4. The highest BCUT2D eigenvalue weighted by molar-refractivity contribution is 9.10. The van der Waals surface area contributed by atoms with Gasteiger partial charge in [-0.15, -0.1) is 0 Å². The third-order valence-corrected chi connectivity index (χ3v) is 3.59. The van der Waals surface area contributed by atoms with Crippen molar-refractivity contribution in [2.24, 2.45) is 0 Å². The smallest absolute Gasteiger partial charge is 0.200 e. The number of allylic oxidation sites excluding steroid dienone is 1. The van der Waals surface area contributed by atoms with Crippen molar-refractivity contribution in [3.8, 4) is 17.2 Å². The normalized spacial score (nSPS) is 10.7. The van der Waals surface area contributed by atoms with Crippen LogP contribution in [0.2, 0.25) is 0 Å². The predicted octanol–water partition coefficient (Wildman–Crippen LogP) is 4.07. The lowest BCUT2D eigenvalue weighted by atomic mass is 10.1. The Morgan fingerprint density at radius 1 is 1.09 bits per heavy atom. The van der Waals surface area contributed by atoms with Gasteiger partial charge in [-0.1, -0.05) is 22.0 Å². The van der Waals surface area contributed by atoms with Gasteiger partial charge in [-0.3, -0.25) is 4.79 Å². The van der Waals surface area contributed by atoms with E-state index >= 15 is 0 Å². The van der Waals surface area contributed by atoms with Gasteiger partial charge in [-0.2, -0.15) is 0 Å². The minimum absolute atomic E-state index is 0.0682. The lowest BCUT2D eigenvalue weighted by Gasteiger charge is -2.09. The molecule has 0 aliphatic carbocycles.